The molecule has 0 unspecified atom stereocenters. The Morgan fingerprint density at radius 1 is 0.500 bits per heavy atom. The van der Waals surface area contributed by atoms with Crippen molar-refractivity contribution >= 4 is 37.6 Å². The molecule has 0 N–H and O–H groups in total. The van der Waals surface area contributed by atoms with E-state index in [0.717, 1.165) is 16.4 Å². The summed E-state index contributed by atoms with van der Waals surface area (Å²) in [5.74, 6) is 0. The van der Waals surface area contributed by atoms with Gasteiger partial charge in [0.1, 0.15) is 0 Å². The molecule has 0 saturated carbocycles. The molecule has 0 atom stereocenters. The number of hydrogen-bond acceptors (Lipinski definition) is 2. The van der Waals surface area contributed by atoms with Crippen LogP contribution >= 0.6 is 0 Å². The molecule has 0 saturated heterocycles. The highest BCUT2D eigenvalue weighted by atomic mass is 28.4. The number of hydrogen-bond donors (Lipinski definition) is 0. The van der Waals surface area contributed by atoms with Crippen LogP contribution in [0.25, 0.3) is 0 Å². The van der Waals surface area contributed by atoms with E-state index in [4.69, 9.17) is 8.54 Å². The Balaban J connectivity index is 1.99. The standard InChI is InChI=1S/C28H30O2Si2/c1-3-29-32(27-21-13-7-14-22-27,28-23-15-8-16-24-28)30-31(4-2,25-17-9-5-10-18-25)26-19-11-6-12-20-26/h5-24H,3-4H2,1-2H3. The summed E-state index contributed by atoms with van der Waals surface area (Å²) in [6, 6.07) is 43.6. The van der Waals surface area contributed by atoms with Gasteiger partial charge in [0.25, 0.3) is 0 Å². The average molecular weight is 455 g/mol. The van der Waals surface area contributed by atoms with Crippen molar-refractivity contribution in [1.29, 1.82) is 0 Å². The van der Waals surface area contributed by atoms with Gasteiger partial charge < -0.3 is 8.54 Å². The molecule has 4 aromatic rings. The maximum Gasteiger partial charge on any atom is 0.397 e. The zero-order valence-corrected chi connectivity index (χ0v) is 20.8. The summed E-state index contributed by atoms with van der Waals surface area (Å²) in [6.07, 6.45) is 0. The SMILES string of the molecule is CCO[Si](O[Si](CC)(c1ccccc1)c1ccccc1)(c1ccccc1)c1ccccc1. The van der Waals surface area contributed by atoms with Gasteiger partial charge in [0.2, 0.25) is 8.32 Å². The predicted molar refractivity (Wildman–Crippen MR) is 139 cm³/mol. The molecule has 0 bridgehead atoms. The molecule has 0 amide bonds. The van der Waals surface area contributed by atoms with Crippen LogP contribution in [-0.4, -0.2) is 23.5 Å². The Labute approximate surface area is 193 Å². The maximum absolute atomic E-state index is 7.62. The van der Waals surface area contributed by atoms with Crippen LogP contribution in [0.1, 0.15) is 13.8 Å². The van der Waals surface area contributed by atoms with Gasteiger partial charge in [0, 0.05) is 6.61 Å². The summed E-state index contributed by atoms with van der Waals surface area (Å²) in [7, 11) is -5.63. The molecule has 162 valence electrons. The fourth-order valence-electron chi connectivity index (χ4n) is 4.42. The normalized spacial score (nSPS) is 11.9. The molecular weight excluding hydrogens is 424 g/mol. The lowest BCUT2D eigenvalue weighted by Gasteiger charge is -2.42. The van der Waals surface area contributed by atoms with Gasteiger partial charge in [-0.15, -0.1) is 0 Å². The lowest BCUT2D eigenvalue weighted by molar-refractivity contribution is 0.276. The molecule has 0 radical (unpaired) electrons. The first-order chi connectivity index (χ1) is 15.7. The molecule has 2 nitrogen and oxygen atoms in total. The molecule has 0 aliphatic rings. The molecule has 0 fully saturated rings. The Hall–Kier alpha value is -2.77. The molecule has 0 aromatic heterocycles. The molecular formula is C28H30O2Si2. The third-order valence-electron chi connectivity index (χ3n) is 5.95. The molecule has 32 heavy (non-hydrogen) atoms. The quantitative estimate of drug-likeness (QED) is 0.355. The minimum Gasteiger partial charge on any atom is -0.421 e. The third kappa shape index (κ3) is 4.27. The molecule has 4 rings (SSSR count). The van der Waals surface area contributed by atoms with E-state index in [9.17, 15) is 0 Å². The summed E-state index contributed by atoms with van der Waals surface area (Å²) in [4.78, 5) is 0. The minimum atomic E-state index is -3.01. The molecule has 0 aliphatic heterocycles. The first-order valence-corrected chi connectivity index (χ1v) is 15.2. The highest BCUT2D eigenvalue weighted by molar-refractivity contribution is 7.07. The fraction of sp³-hybridized carbons (Fsp3) is 0.143. The highest BCUT2D eigenvalue weighted by Crippen LogP contribution is 2.21. The lowest BCUT2D eigenvalue weighted by atomic mass is 10.4. The average Bonchev–Trinajstić information content (AvgIpc) is 2.89. The second-order valence-corrected chi connectivity index (χ2v) is 14.8. The fourth-order valence-corrected chi connectivity index (χ4v) is 14.0. The van der Waals surface area contributed by atoms with Crippen LogP contribution in [0.3, 0.4) is 0 Å². The van der Waals surface area contributed by atoms with Crippen molar-refractivity contribution in [1.82, 2.24) is 0 Å². The van der Waals surface area contributed by atoms with Crippen LogP contribution < -0.4 is 20.7 Å². The van der Waals surface area contributed by atoms with E-state index in [1.165, 1.54) is 10.4 Å². The first kappa shape index (κ1) is 22.4. The van der Waals surface area contributed by atoms with E-state index in [0.29, 0.717) is 6.61 Å². The monoisotopic (exact) mass is 454 g/mol. The Kier molecular flexibility index (Phi) is 7.17. The van der Waals surface area contributed by atoms with Gasteiger partial charge in [-0.2, -0.15) is 0 Å². The van der Waals surface area contributed by atoms with Crippen molar-refractivity contribution in [3.05, 3.63) is 121 Å². The molecule has 0 aliphatic carbocycles. The zero-order chi connectivity index (χ0) is 22.3. The van der Waals surface area contributed by atoms with Crippen LogP contribution in [0.5, 0.6) is 0 Å². The largest absolute Gasteiger partial charge is 0.421 e. The molecule has 4 aromatic carbocycles. The summed E-state index contributed by atoms with van der Waals surface area (Å²) < 4.78 is 14.4. The highest BCUT2D eigenvalue weighted by Gasteiger charge is 2.51. The summed E-state index contributed by atoms with van der Waals surface area (Å²) in [5, 5.41) is 4.84. The predicted octanol–water partition coefficient (Wildman–Crippen LogP) is 4.08. The summed E-state index contributed by atoms with van der Waals surface area (Å²) in [6.45, 7) is 4.91. The van der Waals surface area contributed by atoms with Gasteiger partial charge in [0.15, 0.2) is 0 Å². The Morgan fingerprint density at radius 2 is 0.844 bits per heavy atom. The van der Waals surface area contributed by atoms with E-state index in [2.05, 4.69) is 135 Å². The van der Waals surface area contributed by atoms with E-state index < -0.39 is 16.9 Å². The van der Waals surface area contributed by atoms with E-state index in [1.807, 2.05) is 0 Å². The molecule has 4 heteroatoms. The Morgan fingerprint density at radius 3 is 1.16 bits per heavy atom. The third-order valence-corrected chi connectivity index (χ3v) is 14.9. The van der Waals surface area contributed by atoms with Gasteiger partial charge in [-0.3, -0.25) is 0 Å². The molecule has 0 spiro atoms. The Bertz CT molecular complexity index is 1010. The molecule has 0 heterocycles. The first-order valence-electron chi connectivity index (χ1n) is 11.3. The van der Waals surface area contributed by atoms with E-state index in [1.54, 1.807) is 0 Å². The lowest BCUT2D eigenvalue weighted by Crippen LogP contribution is -2.74. The van der Waals surface area contributed by atoms with Gasteiger partial charge in [0.05, 0.1) is 0 Å². The minimum absolute atomic E-state index is 0.591. The van der Waals surface area contributed by atoms with E-state index >= 15 is 0 Å². The van der Waals surface area contributed by atoms with Crippen molar-refractivity contribution in [2.75, 3.05) is 6.61 Å². The van der Waals surface area contributed by atoms with Crippen molar-refractivity contribution in [3.8, 4) is 0 Å². The van der Waals surface area contributed by atoms with Crippen LogP contribution in [0.2, 0.25) is 6.04 Å². The van der Waals surface area contributed by atoms with Crippen molar-refractivity contribution in [2.45, 2.75) is 19.9 Å². The van der Waals surface area contributed by atoms with Crippen molar-refractivity contribution in [3.63, 3.8) is 0 Å². The van der Waals surface area contributed by atoms with Gasteiger partial charge >= 0.3 is 8.56 Å². The van der Waals surface area contributed by atoms with Crippen molar-refractivity contribution in [2.24, 2.45) is 0 Å². The van der Waals surface area contributed by atoms with E-state index in [-0.39, 0.29) is 0 Å². The van der Waals surface area contributed by atoms with Crippen LogP contribution in [-0.2, 0) is 8.54 Å². The second kappa shape index (κ2) is 10.2. The van der Waals surface area contributed by atoms with Crippen LogP contribution in [0, 0.1) is 0 Å². The zero-order valence-electron chi connectivity index (χ0n) is 18.8. The van der Waals surface area contributed by atoms with Gasteiger partial charge in [-0.25, -0.2) is 0 Å². The number of benzene rings is 4. The van der Waals surface area contributed by atoms with Gasteiger partial charge in [-0.1, -0.05) is 128 Å². The van der Waals surface area contributed by atoms with Crippen molar-refractivity contribution < 1.29 is 8.54 Å². The van der Waals surface area contributed by atoms with Crippen LogP contribution in [0.4, 0.5) is 0 Å². The topological polar surface area (TPSA) is 18.5 Å². The number of rotatable bonds is 9. The maximum atomic E-state index is 7.62. The summed E-state index contributed by atoms with van der Waals surface area (Å²) in [5.41, 5.74) is 0. The van der Waals surface area contributed by atoms with Gasteiger partial charge in [-0.05, 0) is 33.7 Å². The second-order valence-electron chi connectivity index (χ2n) is 7.80. The van der Waals surface area contributed by atoms with Crippen LogP contribution in [0.15, 0.2) is 121 Å². The smallest absolute Gasteiger partial charge is 0.397 e. The summed E-state index contributed by atoms with van der Waals surface area (Å²) >= 11 is 0.